The van der Waals surface area contributed by atoms with Gasteiger partial charge in [0.05, 0.1) is 5.69 Å². The largest absolute Gasteiger partial charge is 0.494 e. The SMILES string of the molecule is CCCSC(=Nc1ccccc1)c1c(O)n(C)c(=O)n(C)c1=O. The highest BCUT2D eigenvalue weighted by molar-refractivity contribution is 8.14. The van der Waals surface area contributed by atoms with E-state index in [0.717, 1.165) is 21.3 Å². The zero-order chi connectivity index (χ0) is 17.0. The van der Waals surface area contributed by atoms with Gasteiger partial charge in [-0.25, -0.2) is 9.79 Å². The van der Waals surface area contributed by atoms with Crippen molar-refractivity contribution < 1.29 is 5.11 Å². The zero-order valence-electron chi connectivity index (χ0n) is 13.3. The quantitative estimate of drug-likeness (QED) is 0.686. The number of hydrogen-bond donors (Lipinski definition) is 1. The molecule has 2 rings (SSSR count). The number of hydrogen-bond acceptors (Lipinski definition) is 5. The normalized spacial score (nSPS) is 11.7. The van der Waals surface area contributed by atoms with Crippen molar-refractivity contribution in [3.05, 3.63) is 56.7 Å². The molecule has 0 saturated carbocycles. The summed E-state index contributed by atoms with van der Waals surface area (Å²) in [5.74, 6) is 0.383. The van der Waals surface area contributed by atoms with Gasteiger partial charge in [-0.2, -0.15) is 0 Å². The summed E-state index contributed by atoms with van der Waals surface area (Å²) in [6.45, 7) is 2.02. The molecule has 2 aromatic rings. The molecular weight excluding hydrogens is 314 g/mol. The number of aliphatic imine (C=N–C) groups is 1. The van der Waals surface area contributed by atoms with E-state index in [1.165, 1.54) is 25.9 Å². The minimum atomic E-state index is -0.573. The predicted octanol–water partition coefficient (Wildman–Crippen LogP) is 2.01. The van der Waals surface area contributed by atoms with Crippen LogP contribution in [0.15, 0.2) is 44.9 Å². The molecule has 7 heteroatoms. The lowest BCUT2D eigenvalue weighted by Crippen LogP contribution is -2.39. The number of benzene rings is 1. The van der Waals surface area contributed by atoms with Crippen molar-refractivity contribution in [3.8, 4) is 5.88 Å². The minimum Gasteiger partial charge on any atom is -0.494 e. The van der Waals surface area contributed by atoms with Crippen molar-refractivity contribution in [2.24, 2.45) is 19.1 Å². The molecule has 0 aliphatic carbocycles. The molecule has 1 N–H and O–H groups in total. The van der Waals surface area contributed by atoms with Gasteiger partial charge in [-0.3, -0.25) is 13.9 Å². The van der Waals surface area contributed by atoms with E-state index in [0.29, 0.717) is 10.7 Å². The second-order valence-corrected chi connectivity index (χ2v) is 6.09. The Bertz CT molecular complexity index is 838. The van der Waals surface area contributed by atoms with Gasteiger partial charge in [-0.05, 0) is 24.3 Å². The van der Waals surface area contributed by atoms with Gasteiger partial charge in [0.1, 0.15) is 10.6 Å². The fourth-order valence-corrected chi connectivity index (χ4v) is 2.89. The van der Waals surface area contributed by atoms with E-state index in [4.69, 9.17) is 0 Å². The molecule has 1 aromatic heterocycles. The zero-order valence-corrected chi connectivity index (χ0v) is 14.1. The Morgan fingerprint density at radius 3 is 2.43 bits per heavy atom. The lowest BCUT2D eigenvalue weighted by atomic mass is 10.3. The number of aromatic hydroxyl groups is 1. The first kappa shape index (κ1) is 17.1. The maximum Gasteiger partial charge on any atom is 0.333 e. The molecule has 0 aliphatic rings. The lowest BCUT2D eigenvalue weighted by Gasteiger charge is -2.12. The third kappa shape index (κ3) is 3.56. The Labute approximate surface area is 138 Å². The van der Waals surface area contributed by atoms with Crippen LogP contribution in [0.5, 0.6) is 5.88 Å². The molecule has 0 fully saturated rings. The van der Waals surface area contributed by atoms with Gasteiger partial charge in [-0.15, -0.1) is 11.8 Å². The average Bonchev–Trinajstić information content (AvgIpc) is 2.57. The van der Waals surface area contributed by atoms with Gasteiger partial charge >= 0.3 is 5.69 Å². The summed E-state index contributed by atoms with van der Waals surface area (Å²) in [7, 11) is 2.81. The Balaban J connectivity index is 2.69. The molecule has 6 nitrogen and oxygen atoms in total. The number of aromatic nitrogens is 2. The van der Waals surface area contributed by atoms with Gasteiger partial charge in [0.15, 0.2) is 0 Å². The van der Waals surface area contributed by atoms with Crippen molar-refractivity contribution in [1.29, 1.82) is 0 Å². The predicted molar refractivity (Wildman–Crippen MR) is 94.0 cm³/mol. The van der Waals surface area contributed by atoms with Crippen LogP contribution in [-0.4, -0.2) is 25.0 Å². The van der Waals surface area contributed by atoms with Crippen LogP contribution >= 0.6 is 11.8 Å². The van der Waals surface area contributed by atoms with Crippen molar-refractivity contribution in [1.82, 2.24) is 9.13 Å². The Morgan fingerprint density at radius 1 is 1.17 bits per heavy atom. The summed E-state index contributed by atoms with van der Waals surface area (Å²) in [4.78, 5) is 28.8. The Morgan fingerprint density at radius 2 is 1.83 bits per heavy atom. The van der Waals surface area contributed by atoms with E-state index in [2.05, 4.69) is 4.99 Å². The molecule has 0 radical (unpaired) electrons. The first-order chi connectivity index (χ1) is 11.0. The van der Waals surface area contributed by atoms with Gasteiger partial charge in [0.25, 0.3) is 5.56 Å². The first-order valence-corrected chi connectivity index (χ1v) is 8.21. The average molecular weight is 333 g/mol. The summed E-state index contributed by atoms with van der Waals surface area (Å²) in [6.07, 6.45) is 0.894. The summed E-state index contributed by atoms with van der Waals surface area (Å²) in [6, 6.07) is 9.20. The summed E-state index contributed by atoms with van der Waals surface area (Å²) in [5, 5.41) is 10.7. The molecule has 0 spiro atoms. The highest BCUT2D eigenvalue weighted by Crippen LogP contribution is 2.23. The van der Waals surface area contributed by atoms with Gasteiger partial charge < -0.3 is 5.11 Å². The second kappa shape index (κ2) is 7.32. The number of nitrogens with zero attached hydrogens (tertiary/aromatic N) is 3. The molecular formula is C16H19N3O3S. The maximum absolute atomic E-state index is 12.5. The molecule has 0 bridgehead atoms. The molecule has 122 valence electrons. The Hall–Kier alpha value is -2.28. The maximum atomic E-state index is 12.5. The van der Waals surface area contributed by atoms with Crippen LogP contribution in [0.25, 0.3) is 0 Å². The first-order valence-electron chi connectivity index (χ1n) is 7.23. The van der Waals surface area contributed by atoms with Crippen LogP contribution in [-0.2, 0) is 14.1 Å². The third-order valence-electron chi connectivity index (χ3n) is 3.28. The lowest BCUT2D eigenvalue weighted by molar-refractivity contribution is 0.410. The van der Waals surface area contributed by atoms with Crippen LogP contribution in [0.2, 0.25) is 0 Å². The van der Waals surface area contributed by atoms with E-state index >= 15 is 0 Å². The van der Waals surface area contributed by atoms with Crippen molar-refractivity contribution in [2.75, 3.05) is 5.75 Å². The third-order valence-corrected chi connectivity index (χ3v) is 4.46. The summed E-state index contributed by atoms with van der Waals surface area (Å²) >= 11 is 1.38. The standard InChI is InChI=1S/C16H19N3O3S/c1-4-10-23-13(17-11-8-6-5-7-9-11)12-14(20)18(2)16(22)19(3)15(12)21/h5-9,20H,4,10H2,1-3H3. The molecule has 0 unspecified atom stereocenters. The fourth-order valence-electron chi connectivity index (χ4n) is 2.00. The van der Waals surface area contributed by atoms with Gasteiger partial charge in [-0.1, -0.05) is 25.1 Å². The molecule has 0 aliphatic heterocycles. The number of para-hydroxylation sites is 1. The minimum absolute atomic E-state index is 0.0527. The summed E-state index contributed by atoms with van der Waals surface area (Å²) in [5.41, 5.74) is -0.391. The highest BCUT2D eigenvalue weighted by Gasteiger charge is 2.20. The molecule has 0 atom stereocenters. The Kier molecular flexibility index (Phi) is 5.44. The van der Waals surface area contributed by atoms with Gasteiger partial charge in [0, 0.05) is 14.1 Å². The van der Waals surface area contributed by atoms with Crippen molar-refractivity contribution in [2.45, 2.75) is 13.3 Å². The fraction of sp³-hybridized carbons (Fsp3) is 0.312. The van der Waals surface area contributed by atoms with Crippen molar-refractivity contribution >= 4 is 22.5 Å². The van der Waals surface area contributed by atoms with E-state index in [1.807, 2.05) is 37.3 Å². The topological polar surface area (TPSA) is 76.6 Å². The van der Waals surface area contributed by atoms with E-state index in [-0.39, 0.29) is 11.4 Å². The number of rotatable bonds is 4. The second-order valence-electron chi connectivity index (χ2n) is 5.01. The molecule has 1 heterocycles. The van der Waals surface area contributed by atoms with Crippen LogP contribution in [0.1, 0.15) is 18.9 Å². The van der Waals surface area contributed by atoms with Gasteiger partial charge in [0.2, 0.25) is 5.88 Å². The highest BCUT2D eigenvalue weighted by atomic mass is 32.2. The summed E-state index contributed by atoms with van der Waals surface area (Å²) < 4.78 is 2.02. The molecule has 23 heavy (non-hydrogen) atoms. The van der Waals surface area contributed by atoms with Crippen molar-refractivity contribution in [3.63, 3.8) is 0 Å². The van der Waals surface area contributed by atoms with Crippen LogP contribution in [0.4, 0.5) is 5.69 Å². The molecule has 0 saturated heterocycles. The molecule has 1 aromatic carbocycles. The van der Waals surface area contributed by atoms with Crippen LogP contribution in [0, 0.1) is 0 Å². The number of thioether (sulfide) groups is 1. The smallest absolute Gasteiger partial charge is 0.333 e. The van der Waals surface area contributed by atoms with E-state index in [1.54, 1.807) is 0 Å². The monoisotopic (exact) mass is 333 g/mol. The van der Waals surface area contributed by atoms with E-state index in [9.17, 15) is 14.7 Å². The van der Waals surface area contributed by atoms with Crippen LogP contribution < -0.4 is 11.2 Å². The molecule has 0 amide bonds. The van der Waals surface area contributed by atoms with Crippen LogP contribution in [0.3, 0.4) is 0 Å². The van der Waals surface area contributed by atoms with E-state index < -0.39 is 11.2 Å².